The molecule has 13 heteroatoms. The number of rotatable bonds is 10. The van der Waals surface area contributed by atoms with Gasteiger partial charge in [-0.15, -0.1) is 0 Å². The van der Waals surface area contributed by atoms with E-state index in [0.29, 0.717) is 0 Å². The minimum Gasteiger partial charge on any atom is -0.478 e. The maximum Gasteiger partial charge on any atom is 0.395 e. The number of ether oxygens (including phenoxy) is 1. The second-order valence-electron chi connectivity index (χ2n) is 5.93. The highest BCUT2D eigenvalue weighted by Crippen LogP contribution is 2.58. The molecule has 8 N–H and O–H groups in total. The summed E-state index contributed by atoms with van der Waals surface area (Å²) in [6.45, 7) is 3.71. The number of carbonyl (C=O) groups is 1. The van der Waals surface area contributed by atoms with Gasteiger partial charge >= 0.3 is 7.60 Å². The molecule has 0 saturated carbocycles. The van der Waals surface area contributed by atoms with Gasteiger partial charge < -0.3 is 45.9 Å². The molecular weight excluding hydrogens is 395 g/mol. The first kappa shape index (κ1) is 24.3. The molecule has 0 aromatic carbocycles. The second kappa shape index (κ2) is 10.7. The summed E-state index contributed by atoms with van der Waals surface area (Å²) in [7, 11) is -3.93. The lowest BCUT2D eigenvalue weighted by molar-refractivity contribution is -0.125. The van der Waals surface area contributed by atoms with Gasteiger partial charge in [0.2, 0.25) is 11.4 Å². The molecule has 1 aliphatic heterocycles. The van der Waals surface area contributed by atoms with Crippen LogP contribution in [0.5, 0.6) is 0 Å². The van der Waals surface area contributed by atoms with Gasteiger partial charge in [0, 0.05) is 6.92 Å². The summed E-state index contributed by atoms with van der Waals surface area (Å²) in [5.41, 5.74) is 10.6. The topological polar surface area (TPSA) is 199 Å². The maximum absolute atomic E-state index is 13.1. The molecule has 0 radical (unpaired) electrons. The molecule has 1 heterocycles. The van der Waals surface area contributed by atoms with Gasteiger partial charge in [-0.3, -0.25) is 9.36 Å². The van der Waals surface area contributed by atoms with Crippen LogP contribution in [0.25, 0.3) is 0 Å². The first-order chi connectivity index (χ1) is 13.1. The molecule has 12 nitrogen and oxygen atoms in total. The Morgan fingerprint density at radius 3 is 2.36 bits per heavy atom. The van der Waals surface area contributed by atoms with E-state index in [9.17, 15) is 24.7 Å². The van der Waals surface area contributed by atoms with E-state index in [1.54, 1.807) is 13.8 Å². The predicted molar refractivity (Wildman–Crippen MR) is 100 cm³/mol. The second-order valence-corrected chi connectivity index (χ2v) is 7.88. The van der Waals surface area contributed by atoms with E-state index < -0.39 is 50.5 Å². The van der Waals surface area contributed by atoms with Gasteiger partial charge in [-0.25, -0.2) is 4.99 Å². The average molecular weight is 424 g/mol. The molecule has 0 aromatic rings. The molecule has 0 saturated heterocycles. The largest absolute Gasteiger partial charge is 0.478 e. The zero-order valence-corrected chi connectivity index (χ0v) is 16.9. The van der Waals surface area contributed by atoms with Crippen molar-refractivity contribution in [2.24, 2.45) is 16.5 Å². The number of nitrogens with one attached hydrogen (secondary N) is 1. The van der Waals surface area contributed by atoms with Crippen molar-refractivity contribution in [3.8, 4) is 0 Å². The van der Waals surface area contributed by atoms with E-state index in [-0.39, 0.29) is 24.7 Å². The van der Waals surface area contributed by atoms with Crippen LogP contribution in [0.1, 0.15) is 20.8 Å². The highest BCUT2D eigenvalue weighted by molar-refractivity contribution is 7.58. The summed E-state index contributed by atoms with van der Waals surface area (Å²) in [5.74, 6) is -0.828. The molecule has 5 atom stereocenters. The molecule has 0 spiro atoms. The fourth-order valence-corrected chi connectivity index (χ4v) is 4.25. The highest BCUT2D eigenvalue weighted by Gasteiger charge is 2.47. The number of guanidine groups is 1. The molecule has 0 aromatic heterocycles. The van der Waals surface area contributed by atoms with Gasteiger partial charge in [0.1, 0.15) is 12.2 Å². The van der Waals surface area contributed by atoms with E-state index in [2.05, 4.69) is 10.3 Å². The van der Waals surface area contributed by atoms with E-state index in [4.69, 9.17) is 25.3 Å². The number of hydrogen-bond acceptors (Lipinski definition) is 9. The van der Waals surface area contributed by atoms with Crippen molar-refractivity contribution in [1.29, 1.82) is 0 Å². The third kappa shape index (κ3) is 6.16. The van der Waals surface area contributed by atoms with Crippen LogP contribution >= 0.6 is 7.60 Å². The average Bonchev–Trinajstić information content (AvgIpc) is 2.61. The molecule has 28 heavy (non-hydrogen) atoms. The van der Waals surface area contributed by atoms with Crippen LogP contribution < -0.4 is 16.8 Å². The van der Waals surface area contributed by atoms with Gasteiger partial charge in [-0.05, 0) is 19.9 Å². The zero-order valence-electron chi connectivity index (χ0n) is 16.0. The van der Waals surface area contributed by atoms with Crippen LogP contribution in [0.15, 0.2) is 16.6 Å². The standard InChI is InChI=1S/C15H29N4O8P/c1-4-25-28(24,26-5-2)11-6-9(19-15(16)17)12(18-8(3)21)14(27-11)13(23)10(22)7-20/h6,9-10,12-14,20,22-23H,4-5,7H2,1-3H3,(H,18,21)(H4,16,17,19)/t9-,10+,12+,13+,14?/m0/s1. The minimum absolute atomic E-state index is 0.0343. The molecule has 1 amide bonds. The highest BCUT2D eigenvalue weighted by atomic mass is 31.2. The molecule has 1 unspecified atom stereocenters. The Kier molecular flexibility index (Phi) is 9.34. The lowest BCUT2D eigenvalue weighted by atomic mass is 9.93. The van der Waals surface area contributed by atoms with Crippen molar-refractivity contribution >= 4 is 19.5 Å². The van der Waals surface area contributed by atoms with E-state index in [1.165, 1.54) is 13.0 Å². The molecule has 0 aliphatic carbocycles. The first-order valence-electron chi connectivity index (χ1n) is 8.70. The Bertz CT molecular complexity index is 630. The smallest absolute Gasteiger partial charge is 0.395 e. The van der Waals surface area contributed by atoms with Crippen LogP contribution in [-0.4, -0.2) is 77.4 Å². The Labute approximate surface area is 163 Å². The monoisotopic (exact) mass is 424 g/mol. The van der Waals surface area contributed by atoms with E-state index in [0.717, 1.165) is 0 Å². The number of aliphatic hydroxyl groups is 3. The van der Waals surface area contributed by atoms with Crippen LogP contribution in [0.3, 0.4) is 0 Å². The Morgan fingerprint density at radius 2 is 1.93 bits per heavy atom. The van der Waals surface area contributed by atoms with E-state index >= 15 is 0 Å². The Hall–Kier alpha value is -1.69. The number of amides is 1. The fraction of sp³-hybridized carbons (Fsp3) is 0.733. The van der Waals surface area contributed by atoms with Crippen molar-refractivity contribution in [3.05, 3.63) is 11.6 Å². The summed E-state index contributed by atoms with van der Waals surface area (Å²) in [5, 5.41) is 32.0. The maximum atomic E-state index is 13.1. The summed E-state index contributed by atoms with van der Waals surface area (Å²) in [6.07, 6.45) is -3.40. The fourth-order valence-electron chi connectivity index (χ4n) is 2.66. The molecular formula is C15H29N4O8P. The summed E-state index contributed by atoms with van der Waals surface area (Å²) in [6, 6.07) is -2.06. The molecule has 0 bridgehead atoms. The Balaban J connectivity index is 3.49. The number of aliphatic imine (C=N–C) groups is 1. The van der Waals surface area contributed by atoms with Crippen molar-refractivity contribution in [1.82, 2.24) is 5.32 Å². The summed E-state index contributed by atoms with van der Waals surface area (Å²) < 4.78 is 29.2. The van der Waals surface area contributed by atoms with Gasteiger partial charge in [0.15, 0.2) is 12.1 Å². The van der Waals surface area contributed by atoms with Crippen molar-refractivity contribution in [3.63, 3.8) is 0 Å². The normalized spacial score (nSPS) is 24.5. The summed E-state index contributed by atoms with van der Waals surface area (Å²) >= 11 is 0. The molecule has 1 rings (SSSR count). The van der Waals surface area contributed by atoms with Crippen molar-refractivity contribution < 1.29 is 38.5 Å². The minimum atomic E-state index is -3.93. The number of carbonyl (C=O) groups excluding carboxylic acids is 1. The van der Waals surface area contributed by atoms with Gasteiger partial charge in [-0.2, -0.15) is 0 Å². The molecule has 0 fully saturated rings. The third-order valence-electron chi connectivity index (χ3n) is 3.75. The first-order valence-corrected chi connectivity index (χ1v) is 10.2. The van der Waals surface area contributed by atoms with Crippen molar-refractivity contribution in [2.45, 2.75) is 51.2 Å². The Morgan fingerprint density at radius 1 is 1.36 bits per heavy atom. The number of aliphatic hydroxyl groups excluding tert-OH is 3. The lowest BCUT2D eigenvalue weighted by Gasteiger charge is -2.40. The van der Waals surface area contributed by atoms with Crippen LogP contribution in [-0.2, 0) is 23.1 Å². The quantitative estimate of drug-likeness (QED) is 0.134. The van der Waals surface area contributed by atoms with Gasteiger partial charge in [-0.1, -0.05) is 0 Å². The summed E-state index contributed by atoms with van der Waals surface area (Å²) in [4.78, 5) is 15.6. The van der Waals surface area contributed by atoms with Crippen LogP contribution in [0.4, 0.5) is 0 Å². The third-order valence-corrected chi connectivity index (χ3v) is 5.74. The van der Waals surface area contributed by atoms with Crippen molar-refractivity contribution in [2.75, 3.05) is 19.8 Å². The van der Waals surface area contributed by atoms with Crippen LogP contribution in [0, 0.1) is 0 Å². The number of nitrogens with zero attached hydrogens (tertiary/aromatic N) is 1. The number of nitrogens with two attached hydrogens (primary N) is 2. The SMILES string of the molecule is CCOP(=O)(OCC)C1=C[C@H](N=C(N)N)[C@@H](NC(C)=O)C([C@H](O)[C@H](O)CO)O1. The zero-order chi connectivity index (χ0) is 21.5. The van der Waals surface area contributed by atoms with E-state index in [1.807, 2.05) is 0 Å². The van der Waals surface area contributed by atoms with Crippen LogP contribution in [0.2, 0.25) is 0 Å². The molecule has 1 aliphatic rings. The van der Waals surface area contributed by atoms with Gasteiger partial charge in [0.05, 0.1) is 31.9 Å². The number of hydrogen-bond donors (Lipinski definition) is 6. The predicted octanol–water partition coefficient (Wildman–Crippen LogP) is -1.65. The lowest BCUT2D eigenvalue weighted by Crippen LogP contribution is -2.59. The molecule has 162 valence electrons. The van der Waals surface area contributed by atoms with Gasteiger partial charge in [0.25, 0.3) is 0 Å².